The number of nitrogen functional groups attached to an aromatic ring is 1. The van der Waals surface area contributed by atoms with Gasteiger partial charge in [0, 0.05) is 6.54 Å². The number of nitrogens with one attached hydrogen (secondary N) is 1. The topological polar surface area (TPSA) is 75.3 Å². The van der Waals surface area contributed by atoms with Gasteiger partial charge in [0.15, 0.2) is 0 Å². The monoisotopic (exact) mass is 234 g/mol. The third-order valence-electron chi connectivity index (χ3n) is 3.14. The fourth-order valence-corrected chi connectivity index (χ4v) is 1.93. The predicted molar refractivity (Wildman–Crippen MR) is 68.3 cm³/mol. The molecule has 2 rings (SSSR count). The third-order valence-corrected chi connectivity index (χ3v) is 3.14. The number of anilines is 2. The molecule has 1 saturated carbocycles. The van der Waals surface area contributed by atoms with Crippen LogP contribution in [0, 0.1) is 5.92 Å². The predicted octanol–water partition coefficient (Wildman–Crippen LogP) is 2.57. The van der Waals surface area contributed by atoms with Crippen molar-refractivity contribution < 1.29 is 9.90 Å². The maximum absolute atomic E-state index is 10.9. The minimum atomic E-state index is -0.982. The lowest BCUT2D eigenvalue weighted by molar-refractivity contribution is 0.0698. The molecule has 1 aliphatic rings. The number of carboxylic acids is 1. The van der Waals surface area contributed by atoms with Crippen LogP contribution in [0.4, 0.5) is 11.4 Å². The molecular formula is C13H18N2O2. The summed E-state index contributed by atoms with van der Waals surface area (Å²) >= 11 is 0. The lowest BCUT2D eigenvalue weighted by Crippen LogP contribution is -2.08. The Bertz CT molecular complexity index is 414. The smallest absolute Gasteiger partial charge is 0.337 e. The molecule has 1 fully saturated rings. The molecule has 0 amide bonds. The fraction of sp³-hybridized carbons (Fsp3) is 0.462. The van der Waals surface area contributed by atoms with E-state index in [9.17, 15) is 4.79 Å². The van der Waals surface area contributed by atoms with E-state index in [1.807, 2.05) is 6.07 Å². The van der Waals surface area contributed by atoms with Crippen molar-refractivity contribution in [2.45, 2.75) is 25.7 Å². The highest BCUT2D eigenvalue weighted by atomic mass is 16.4. The van der Waals surface area contributed by atoms with Crippen molar-refractivity contribution in [1.29, 1.82) is 0 Å². The number of para-hydroxylation sites is 1. The summed E-state index contributed by atoms with van der Waals surface area (Å²) < 4.78 is 0. The van der Waals surface area contributed by atoms with Crippen LogP contribution in [-0.2, 0) is 0 Å². The highest BCUT2D eigenvalue weighted by molar-refractivity contribution is 5.97. The largest absolute Gasteiger partial charge is 0.478 e. The zero-order valence-electron chi connectivity index (χ0n) is 9.78. The summed E-state index contributed by atoms with van der Waals surface area (Å²) in [4.78, 5) is 10.9. The molecule has 1 aromatic carbocycles. The molecule has 0 spiro atoms. The van der Waals surface area contributed by atoms with E-state index in [1.54, 1.807) is 6.07 Å². The number of carbonyl (C=O) groups is 1. The van der Waals surface area contributed by atoms with Gasteiger partial charge in [-0.3, -0.25) is 0 Å². The molecule has 4 nitrogen and oxygen atoms in total. The zero-order chi connectivity index (χ0) is 12.3. The molecule has 1 aromatic rings. The SMILES string of the molecule is Nc1c(NCCCC2CC2)cccc1C(=O)O. The summed E-state index contributed by atoms with van der Waals surface area (Å²) in [6.07, 6.45) is 5.11. The quantitative estimate of drug-likeness (QED) is 0.522. The molecule has 0 saturated heterocycles. The first-order valence-electron chi connectivity index (χ1n) is 6.04. The van der Waals surface area contributed by atoms with E-state index in [1.165, 1.54) is 25.3 Å². The van der Waals surface area contributed by atoms with Gasteiger partial charge in [-0.2, -0.15) is 0 Å². The van der Waals surface area contributed by atoms with Gasteiger partial charge < -0.3 is 16.2 Å². The molecule has 0 unspecified atom stereocenters. The number of nitrogens with two attached hydrogens (primary N) is 1. The first-order valence-corrected chi connectivity index (χ1v) is 6.04. The summed E-state index contributed by atoms with van der Waals surface area (Å²) in [5.74, 6) is -0.0522. The van der Waals surface area contributed by atoms with Crippen LogP contribution >= 0.6 is 0 Å². The van der Waals surface area contributed by atoms with E-state index in [0.717, 1.165) is 24.6 Å². The van der Waals surface area contributed by atoms with Crippen LogP contribution in [0.1, 0.15) is 36.0 Å². The highest BCUT2D eigenvalue weighted by Crippen LogP contribution is 2.33. The van der Waals surface area contributed by atoms with Gasteiger partial charge in [-0.05, 0) is 30.9 Å². The first kappa shape index (κ1) is 11.8. The van der Waals surface area contributed by atoms with Gasteiger partial charge in [0.2, 0.25) is 0 Å². The fourth-order valence-electron chi connectivity index (χ4n) is 1.93. The molecule has 0 aromatic heterocycles. The van der Waals surface area contributed by atoms with E-state index in [2.05, 4.69) is 5.32 Å². The van der Waals surface area contributed by atoms with Crippen molar-refractivity contribution >= 4 is 17.3 Å². The lowest BCUT2D eigenvalue weighted by atomic mass is 10.1. The summed E-state index contributed by atoms with van der Waals surface area (Å²) in [6, 6.07) is 5.05. The summed E-state index contributed by atoms with van der Waals surface area (Å²) in [5, 5.41) is 12.1. The van der Waals surface area contributed by atoms with Crippen molar-refractivity contribution in [3.8, 4) is 0 Å². The van der Waals surface area contributed by atoms with Crippen LogP contribution in [0.15, 0.2) is 18.2 Å². The molecule has 0 aliphatic heterocycles. The zero-order valence-corrected chi connectivity index (χ0v) is 9.78. The number of aromatic carboxylic acids is 1. The molecule has 4 N–H and O–H groups in total. The van der Waals surface area contributed by atoms with Gasteiger partial charge in [-0.25, -0.2) is 4.79 Å². The van der Waals surface area contributed by atoms with Crippen molar-refractivity contribution in [1.82, 2.24) is 0 Å². The van der Waals surface area contributed by atoms with Gasteiger partial charge in [0.1, 0.15) is 0 Å². The van der Waals surface area contributed by atoms with Crippen molar-refractivity contribution in [3.05, 3.63) is 23.8 Å². The highest BCUT2D eigenvalue weighted by Gasteiger charge is 2.20. The van der Waals surface area contributed by atoms with Crippen LogP contribution in [0.25, 0.3) is 0 Å². The molecular weight excluding hydrogens is 216 g/mol. The molecule has 17 heavy (non-hydrogen) atoms. The summed E-state index contributed by atoms with van der Waals surface area (Å²) in [5.41, 5.74) is 7.01. The van der Waals surface area contributed by atoms with Gasteiger partial charge in [-0.15, -0.1) is 0 Å². The van der Waals surface area contributed by atoms with Crippen LogP contribution in [0.2, 0.25) is 0 Å². The Kier molecular flexibility index (Phi) is 3.52. The number of carboxylic acid groups (broad SMARTS) is 1. The van der Waals surface area contributed by atoms with Gasteiger partial charge >= 0.3 is 5.97 Å². The standard InChI is InChI=1S/C13H18N2O2/c14-12-10(13(16)17)4-1-5-11(12)15-8-2-3-9-6-7-9/h1,4-5,9,15H,2-3,6-8,14H2,(H,16,17). The van der Waals surface area contributed by atoms with Gasteiger partial charge in [-0.1, -0.05) is 18.9 Å². The molecule has 0 bridgehead atoms. The van der Waals surface area contributed by atoms with Crippen molar-refractivity contribution in [2.24, 2.45) is 5.92 Å². The lowest BCUT2D eigenvalue weighted by Gasteiger charge is -2.10. The molecule has 0 heterocycles. The second-order valence-corrected chi connectivity index (χ2v) is 4.58. The van der Waals surface area contributed by atoms with Crippen LogP contribution in [-0.4, -0.2) is 17.6 Å². The van der Waals surface area contributed by atoms with E-state index in [0.29, 0.717) is 5.69 Å². The summed E-state index contributed by atoms with van der Waals surface area (Å²) in [7, 11) is 0. The van der Waals surface area contributed by atoms with E-state index in [-0.39, 0.29) is 5.56 Å². The van der Waals surface area contributed by atoms with Crippen LogP contribution in [0.3, 0.4) is 0 Å². The molecule has 92 valence electrons. The number of benzene rings is 1. The normalized spacial score (nSPS) is 14.6. The van der Waals surface area contributed by atoms with E-state index >= 15 is 0 Å². The Balaban J connectivity index is 1.90. The van der Waals surface area contributed by atoms with Crippen molar-refractivity contribution in [2.75, 3.05) is 17.6 Å². The number of rotatable bonds is 6. The minimum absolute atomic E-state index is 0.164. The molecule has 1 aliphatic carbocycles. The Labute approximate surface area is 101 Å². The summed E-state index contributed by atoms with van der Waals surface area (Å²) in [6.45, 7) is 0.851. The number of hydrogen-bond donors (Lipinski definition) is 3. The Morgan fingerprint density at radius 1 is 1.47 bits per heavy atom. The second kappa shape index (κ2) is 5.08. The van der Waals surface area contributed by atoms with Crippen LogP contribution in [0.5, 0.6) is 0 Å². The molecule has 4 heteroatoms. The first-order chi connectivity index (χ1) is 8.18. The van der Waals surface area contributed by atoms with Gasteiger partial charge in [0.25, 0.3) is 0 Å². The Hall–Kier alpha value is -1.71. The average Bonchev–Trinajstić information content (AvgIpc) is 3.10. The molecule has 0 atom stereocenters. The van der Waals surface area contributed by atoms with E-state index < -0.39 is 5.97 Å². The van der Waals surface area contributed by atoms with Gasteiger partial charge in [0.05, 0.1) is 16.9 Å². The van der Waals surface area contributed by atoms with Crippen molar-refractivity contribution in [3.63, 3.8) is 0 Å². The maximum atomic E-state index is 10.9. The maximum Gasteiger partial charge on any atom is 0.337 e. The second-order valence-electron chi connectivity index (χ2n) is 4.58. The minimum Gasteiger partial charge on any atom is -0.478 e. The number of hydrogen-bond acceptors (Lipinski definition) is 3. The molecule has 0 radical (unpaired) electrons. The Morgan fingerprint density at radius 2 is 2.24 bits per heavy atom. The third kappa shape index (κ3) is 3.12. The van der Waals surface area contributed by atoms with E-state index in [4.69, 9.17) is 10.8 Å². The Morgan fingerprint density at radius 3 is 2.88 bits per heavy atom. The van der Waals surface area contributed by atoms with Crippen LogP contribution < -0.4 is 11.1 Å². The average molecular weight is 234 g/mol.